The first-order chi connectivity index (χ1) is 6.86. The fourth-order valence-electron chi connectivity index (χ4n) is 1.44. The second-order valence-electron chi connectivity index (χ2n) is 2.90. The number of aromatic nitrogens is 1. The van der Waals surface area contributed by atoms with Gasteiger partial charge in [0, 0.05) is 11.7 Å². The molecule has 0 fully saturated rings. The van der Waals surface area contributed by atoms with Crippen LogP contribution in [0.4, 0.5) is 0 Å². The number of halogens is 1. The van der Waals surface area contributed by atoms with Gasteiger partial charge in [0.15, 0.2) is 6.29 Å². The van der Waals surface area contributed by atoms with E-state index in [9.17, 15) is 4.79 Å². The van der Waals surface area contributed by atoms with Gasteiger partial charge in [-0.2, -0.15) is 0 Å². The van der Waals surface area contributed by atoms with E-state index in [4.69, 9.17) is 11.6 Å². The molecule has 0 saturated heterocycles. The monoisotopic (exact) mass is 205 g/mol. The van der Waals surface area contributed by atoms with Gasteiger partial charge in [-0.1, -0.05) is 29.8 Å². The molecule has 2 nitrogen and oxygen atoms in total. The zero-order chi connectivity index (χ0) is 9.97. The van der Waals surface area contributed by atoms with E-state index in [1.807, 2.05) is 36.5 Å². The number of rotatable bonds is 2. The number of nitrogens with zero attached hydrogens (tertiary/aromatic N) is 1. The van der Waals surface area contributed by atoms with Crippen LogP contribution in [0, 0.1) is 0 Å². The molecule has 0 aliphatic carbocycles. The Morgan fingerprint density at radius 2 is 2.07 bits per heavy atom. The molecule has 0 atom stereocenters. The Labute approximate surface area is 86.4 Å². The minimum absolute atomic E-state index is 0.438. The van der Waals surface area contributed by atoms with Crippen molar-refractivity contribution < 1.29 is 4.79 Å². The molecule has 0 aliphatic heterocycles. The summed E-state index contributed by atoms with van der Waals surface area (Å²) in [6.45, 7) is 0. The van der Waals surface area contributed by atoms with E-state index >= 15 is 0 Å². The lowest BCUT2D eigenvalue weighted by Gasteiger charge is -2.01. The molecule has 1 aromatic heterocycles. The molecule has 70 valence electrons. The van der Waals surface area contributed by atoms with Gasteiger partial charge in [0.05, 0.1) is 11.2 Å². The van der Waals surface area contributed by atoms with Crippen molar-refractivity contribution in [1.29, 1.82) is 0 Å². The van der Waals surface area contributed by atoms with Crippen molar-refractivity contribution in [2.45, 2.75) is 0 Å². The fourth-order valence-corrected chi connectivity index (χ4v) is 1.60. The molecule has 3 heteroatoms. The molecule has 14 heavy (non-hydrogen) atoms. The highest BCUT2D eigenvalue weighted by Gasteiger charge is 2.02. The first-order valence-electron chi connectivity index (χ1n) is 4.19. The van der Waals surface area contributed by atoms with Crippen molar-refractivity contribution >= 4 is 34.5 Å². The minimum atomic E-state index is 0.438. The van der Waals surface area contributed by atoms with Crippen LogP contribution in [-0.4, -0.2) is 10.9 Å². The molecular weight excluding hydrogens is 198 g/mol. The van der Waals surface area contributed by atoms with E-state index in [1.54, 1.807) is 4.57 Å². The summed E-state index contributed by atoms with van der Waals surface area (Å²) >= 11 is 5.55. The van der Waals surface area contributed by atoms with E-state index in [0.29, 0.717) is 5.70 Å². The number of fused-ring (bicyclic) bond motifs is 1. The van der Waals surface area contributed by atoms with E-state index in [2.05, 4.69) is 0 Å². The number of hydrogen-bond acceptors (Lipinski definition) is 1. The topological polar surface area (TPSA) is 22.0 Å². The molecular formula is C11H8ClNO. The van der Waals surface area contributed by atoms with Crippen molar-refractivity contribution in [3.05, 3.63) is 42.1 Å². The first-order valence-corrected chi connectivity index (χ1v) is 4.62. The summed E-state index contributed by atoms with van der Waals surface area (Å²) in [6.07, 6.45) is 2.56. The summed E-state index contributed by atoms with van der Waals surface area (Å²) in [4.78, 5) is 10.7. The third-order valence-electron chi connectivity index (χ3n) is 2.11. The van der Waals surface area contributed by atoms with Gasteiger partial charge >= 0.3 is 0 Å². The largest absolute Gasteiger partial charge is 0.313 e. The molecule has 0 spiro atoms. The predicted molar refractivity (Wildman–Crippen MR) is 58.1 cm³/mol. The molecule has 1 heterocycles. The lowest BCUT2D eigenvalue weighted by molar-refractivity contribution is -0.103. The van der Waals surface area contributed by atoms with Crippen LogP contribution in [0.15, 0.2) is 42.1 Å². The number of benzene rings is 1. The number of aldehydes is 1. The van der Waals surface area contributed by atoms with Crippen LogP contribution in [-0.2, 0) is 4.79 Å². The molecule has 0 amide bonds. The second-order valence-corrected chi connectivity index (χ2v) is 3.11. The van der Waals surface area contributed by atoms with Crippen LogP contribution < -0.4 is 0 Å². The molecule has 2 rings (SSSR count). The molecule has 0 bridgehead atoms. The highest BCUT2D eigenvalue weighted by atomic mass is 35.5. The summed E-state index contributed by atoms with van der Waals surface area (Å²) in [5.41, 5.74) is 2.69. The number of allylic oxidation sites excluding steroid dienone is 1. The van der Waals surface area contributed by atoms with Crippen LogP contribution >= 0.6 is 11.6 Å². The SMILES string of the molecule is O=C/C(=C\Cl)n1ccc2ccccc21. The van der Waals surface area contributed by atoms with Gasteiger partial charge in [-0.3, -0.25) is 4.79 Å². The van der Waals surface area contributed by atoms with E-state index in [1.165, 1.54) is 5.54 Å². The Morgan fingerprint density at radius 3 is 2.79 bits per heavy atom. The van der Waals surface area contributed by atoms with Gasteiger partial charge in [-0.25, -0.2) is 0 Å². The van der Waals surface area contributed by atoms with Crippen molar-refractivity contribution in [3.63, 3.8) is 0 Å². The minimum Gasteiger partial charge on any atom is -0.313 e. The van der Waals surface area contributed by atoms with Gasteiger partial charge < -0.3 is 4.57 Å². The molecule has 0 aliphatic rings. The standard InChI is InChI=1S/C11H8ClNO/c12-7-10(8-14)13-6-5-9-3-1-2-4-11(9)13/h1-8H/b10-7+. The summed E-state index contributed by atoms with van der Waals surface area (Å²) < 4.78 is 1.76. The van der Waals surface area contributed by atoms with Gasteiger partial charge in [0.1, 0.15) is 0 Å². The quantitative estimate of drug-likeness (QED) is 0.546. The fraction of sp³-hybridized carbons (Fsp3) is 0. The maximum Gasteiger partial charge on any atom is 0.167 e. The van der Waals surface area contributed by atoms with Crippen LogP contribution in [0.3, 0.4) is 0 Å². The van der Waals surface area contributed by atoms with Crippen LogP contribution in [0.1, 0.15) is 0 Å². The Hall–Kier alpha value is -1.54. The third-order valence-corrected chi connectivity index (χ3v) is 2.33. The van der Waals surface area contributed by atoms with Crippen molar-refractivity contribution in [2.75, 3.05) is 0 Å². The van der Waals surface area contributed by atoms with Gasteiger partial charge in [-0.15, -0.1) is 0 Å². The van der Waals surface area contributed by atoms with E-state index in [-0.39, 0.29) is 0 Å². The smallest absolute Gasteiger partial charge is 0.167 e. The van der Waals surface area contributed by atoms with Crippen molar-refractivity contribution in [1.82, 2.24) is 4.57 Å². The molecule has 0 unspecified atom stereocenters. The summed E-state index contributed by atoms with van der Waals surface area (Å²) in [6, 6.07) is 9.76. The Kier molecular flexibility index (Phi) is 2.37. The molecule has 2 aromatic rings. The number of para-hydroxylation sites is 1. The van der Waals surface area contributed by atoms with E-state index in [0.717, 1.165) is 17.2 Å². The van der Waals surface area contributed by atoms with Crippen molar-refractivity contribution in [3.8, 4) is 0 Å². The average Bonchev–Trinajstić information content (AvgIpc) is 2.65. The molecule has 0 saturated carbocycles. The average molecular weight is 206 g/mol. The molecule has 0 radical (unpaired) electrons. The molecule has 0 N–H and O–H groups in total. The predicted octanol–water partition coefficient (Wildman–Crippen LogP) is 2.88. The summed E-state index contributed by atoms with van der Waals surface area (Å²) in [7, 11) is 0. The first kappa shape index (κ1) is 9.03. The van der Waals surface area contributed by atoms with Crippen LogP contribution in [0.5, 0.6) is 0 Å². The molecule has 1 aromatic carbocycles. The highest BCUT2D eigenvalue weighted by Crippen LogP contribution is 2.18. The lowest BCUT2D eigenvalue weighted by Crippen LogP contribution is -1.94. The maximum atomic E-state index is 10.7. The zero-order valence-electron chi connectivity index (χ0n) is 7.35. The number of carbonyl (C=O) groups excluding carboxylic acids is 1. The van der Waals surface area contributed by atoms with Crippen LogP contribution in [0.25, 0.3) is 16.6 Å². The maximum absolute atomic E-state index is 10.7. The zero-order valence-corrected chi connectivity index (χ0v) is 8.11. The number of carbonyl (C=O) groups is 1. The Bertz CT molecular complexity index is 499. The second kappa shape index (κ2) is 3.68. The highest BCUT2D eigenvalue weighted by molar-refractivity contribution is 6.31. The van der Waals surface area contributed by atoms with Gasteiger partial charge in [0.2, 0.25) is 0 Å². The lowest BCUT2D eigenvalue weighted by atomic mass is 10.2. The summed E-state index contributed by atoms with van der Waals surface area (Å²) in [5.74, 6) is 0. The summed E-state index contributed by atoms with van der Waals surface area (Å²) in [5, 5.41) is 1.09. The van der Waals surface area contributed by atoms with E-state index < -0.39 is 0 Å². The number of hydrogen-bond donors (Lipinski definition) is 0. The van der Waals surface area contributed by atoms with Gasteiger partial charge in [-0.05, 0) is 17.5 Å². The van der Waals surface area contributed by atoms with Crippen LogP contribution in [0.2, 0.25) is 0 Å². The van der Waals surface area contributed by atoms with Crippen molar-refractivity contribution in [2.24, 2.45) is 0 Å². The van der Waals surface area contributed by atoms with Gasteiger partial charge in [0.25, 0.3) is 0 Å². The third kappa shape index (κ3) is 1.34. The normalized spacial score (nSPS) is 11.9. The Balaban J connectivity index is 2.69. The Morgan fingerprint density at radius 1 is 1.29 bits per heavy atom.